The van der Waals surface area contributed by atoms with Crippen LogP contribution >= 0.6 is 0 Å². The molecule has 4 rings (SSSR count). The minimum Gasteiger partial charge on any atom is -0.300 e. The number of allylic oxidation sites excluding steroid dienone is 6. The Bertz CT molecular complexity index is 1160. The van der Waals surface area contributed by atoms with Crippen LogP contribution in [0.3, 0.4) is 0 Å². The molecule has 0 saturated carbocycles. The van der Waals surface area contributed by atoms with Gasteiger partial charge in [-0.3, -0.25) is 14.4 Å². The zero-order chi connectivity index (χ0) is 26.9. The quantitative estimate of drug-likeness (QED) is 0.307. The van der Waals surface area contributed by atoms with E-state index in [0.29, 0.717) is 5.92 Å². The molecular weight excluding hydrogens is 456 g/mol. The molecule has 1 aromatic rings. The van der Waals surface area contributed by atoms with Crippen molar-refractivity contribution >= 4 is 17.3 Å². The number of benzene rings is 1. The summed E-state index contributed by atoms with van der Waals surface area (Å²) in [6.07, 6.45) is 15.8. The van der Waals surface area contributed by atoms with Gasteiger partial charge in [-0.1, -0.05) is 75.6 Å². The van der Waals surface area contributed by atoms with Gasteiger partial charge in [0.15, 0.2) is 5.78 Å². The maximum atomic E-state index is 14.2. The zero-order valence-corrected chi connectivity index (χ0v) is 23.7. The summed E-state index contributed by atoms with van der Waals surface area (Å²) in [5, 5.41) is 0. The number of hydrogen-bond donors (Lipinski definition) is 0. The summed E-state index contributed by atoms with van der Waals surface area (Å²) < 4.78 is 0. The highest BCUT2D eigenvalue weighted by molar-refractivity contribution is 6.13. The summed E-state index contributed by atoms with van der Waals surface area (Å²) in [7, 11) is 0. The van der Waals surface area contributed by atoms with Gasteiger partial charge in [-0.25, -0.2) is 0 Å². The fourth-order valence-corrected chi connectivity index (χ4v) is 7.50. The summed E-state index contributed by atoms with van der Waals surface area (Å²) in [6, 6.07) is 4.47. The minimum absolute atomic E-state index is 0.00782. The number of carbonyl (C=O) groups is 3. The molecule has 0 aromatic heterocycles. The van der Waals surface area contributed by atoms with Gasteiger partial charge >= 0.3 is 0 Å². The molecule has 0 spiro atoms. The number of rotatable bonds is 10. The maximum Gasteiger partial charge on any atom is 0.189 e. The van der Waals surface area contributed by atoms with Gasteiger partial charge in [0.05, 0.1) is 6.42 Å². The van der Waals surface area contributed by atoms with Crippen LogP contribution in [0.2, 0.25) is 0 Å². The van der Waals surface area contributed by atoms with Crippen molar-refractivity contribution in [3.05, 3.63) is 69.8 Å². The van der Waals surface area contributed by atoms with Crippen LogP contribution in [0.15, 0.2) is 47.6 Å². The molecule has 0 fully saturated rings. The smallest absolute Gasteiger partial charge is 0.189 e. The Morgan fingerprint density at radius 1 is 1.05 bits per heavy atom. The van der Waals surface area contributed by atoms with Crippen molar-refractivity contribution in [1.29, 1.82) is 0 Å². The Balaban J connectivity index is 1.66. The highest BCUT2D eigenvalue weighted by Crippen LogP contribution is 2.48. The summed E-state index contributed by atoms with van der Waals surface area (Å²) in [4.78, 5) is 39.2. The normalized spacial score (nSPS) is 23.4. The predicted octanol–water partition coefficient (Wildman–Crippen LogP) is 7.84. The molecule has 0 heterocycles. The SMILES string of the molecule is CCCC1CC2Cc3ccc(C(C)(C)CCCC4C=CC=C4)c(C)c3C(=O)C2=C(C)C1C(=O)CC(C)=O. The van der Waals surface area contributed by atoms with Gasteiger partial charge < -0.3 is 0 Å². The van der Waals surface area contributed by atoms with Crippen LogP contribution in [0.5, 0.6) is 0 Å². The largest absolute Gasteiger partial charge is 0.300 e. The van der Waals surface area contributed by atoms with Crippen LogP contribution in [0.25, 0.3) is 0 Å². The lowest BCUT2D eigenvalue weighted by molar-refractivity contribution is -0.129. The topological polar surface area (TPSA) is 51.2 Å². The van der Waals surface area contributed by atoms with Gasteiger partial charge in [0.2, 0.25) is 0 Å². The van der Waals surface area contributed by atoms with E-state index in [9.17, 15) is 14.4 Å². The summed E-state index contributed by atoms with van der Waals surface area (Å²) in [6.45, 7) is 12.3. The number of Topliss-reactive ketones (excluding diaryl/α,β-unsaturated/α-hetero) is 3. The fraction of sp³-hybridized carbons (Fsp3) is 0.559. The van der Waals surface area contributed by atoms with Gasteiger partial charge in [0, 0.05) is 17.1 Å². The lowest BCUT2D eigenvalue weighted by Crippen LogP contribution is -2.38. The van der Waals surface area contributed by atoms with Crippen LogP contribution in [0.4, 0.5) is 0 Å². The Labute approximate surface area is 223 Å². The molecule has 3 aliphatic rings. The molecule has 1 aromatic carbocycles. The first-order chi connectivity index (χ1) is 17.5. The zero-order valence-electron chi connectivity index (χ0n) is 23.7. The van der Waals surface area contributed by atoms with Crippen molar-refractivity contribution in [3.8, 4) is 0 Å². The van der Waals surface area contributed by atoms with E-state index in [1.807, 2.05) is 6.92 Å². The molecule has 3 atom stereocenters. The van der Waals surface area contributed by atoms with E-state index in [-0.39, 0.29) is 46.9 Å². The van der Waals surface area contributed by atoms with E-state index < -0.39 is 0 Å². The Morgan fingerprint density at radius 3 is 2.41 bits per heavy atom. The van der Waals surface area contributed by atoms with Gasteiger partial charge in [-0.15, -0.1) is 0 Å². The average molecular weight is 501 g/mol. The van der Waals surface area contributed by atoms with E-state index in [1.54, 1.807) is 0 Å². The van der Waals surface area contributed by atoms with Crippen LogP contribution in [0, 0.1) is 30.6 Å². The highest BCUT2D eigenvalue weighted by atomic mass is 16.1. The number of hydrogen-bond acceptors (Lipinski definition) is 3. The van der Waals surface area contributed by atoms with E-state index in [1.165, 1.54) is 12.5 Å². The van der Waals surface area contributed by atoms with Crippen molar-refractivity contribution in [2.75, 3.05) is 0 Å². The minimum atomic E-state index is -0.306. The molecule has 3 unspecified atom stereocenters. The summed E-state index contributed by atoms with van der Waals surface area (Å²) in [5.74, 6) is 0.646. The van der Waals surface area contributed by atoms with Crippen LogP contribution in [-0.4, -0.2) is 17.3 Å². The standard InChI is InChI=1S/C34H44O3/c1-7-11-25-19-27-20-26-15-16-28(34(5,6)17-10-14-24-12-8-9-13-24)22(3)31(26)33(37)32(27)23(4)30(25)29(36)18-21(2)35/h8-9,12-13,15-16,24-25,27,30H,7,10-11,14,17-20H2,1-6H3. The summed E-state index contributed by atoms with van der Waals surface area (Å²) >= 11 is 0. The van der Waals surface area contributed by atoms with Crippen molar-refractivity contribution in [2.45, 2.75) is 98.3 Å². The fourth-order valence-electron chi connectivity index (χ4n) is 7.50. The molecule has 3 heteroatoms. The van der Waals surface area contributed by atoms with Crippen molar-refractivity contribution in [1.82, 2.24) is 0 Å². The number of carbonyl (C=O) groups excluding carboxylic acids is 3. The summed E-state index contributed by atoms with van der Waals surface area (Å²) in [5.41, 5.74) is 6.16. The van der Waals surface area contributed by atoms with E-state index in [4.69, 9.17) is 0 Å². The van der Waals surface area contributed by atoms with Crippen LogP contribution < -0.4 is 0 Å². The second kappa shape index (κ2) is 11.1. The lowest BCUT2D eigenvalue weighted by Gasteiger charge is -2.41. The molecule has 0 amide bonds. The first-order valence-corrected chi connectivity index (χ1v) is 14.3. The van der Waals surface area contributed by atoms with Crippen molar-refractivity contribution in [2.24, 2.45) is 23.7 Å². The van der Waals surface area contributed by atoms with Crippen molar-refractivity contribution < 1.29 is 14.4 Å². The van der Waals surface area contributed by atoms with Crippen molar-refractivity contribution in [3.63, 3.8) is 0 Å². The molecule has 0 radical (unpaired) electrons. The predicted molar refractivity (Wildman–Crippen MR) is 151 cm³/mol. The molecule has 3 nitrogen and oxygen atoms in total. The number of ketones is 3. The average Bonchev–Trinajstić information content (AvgIpc) is 3.31. The molecule has 0 N–H and O–H groups in total. The van der Waals surface area contributed by atoms with Crippen LogP contribution in [-0.2, 0) is 21.4 Å². The number of fused-ring (bicyclic) bond motifs is 2. The molecular formula is C34H44O3. The third kappa shape index (κ3) is 5.52. The lowest BCUT2D eigenvalue weighted by atomic mass is 9.61. The third-order valence-electron chi connectivity index (χ3n) is 9.17. The molecule has 0 saturated heterocycles. The van der Waals surface area contributed by atoms with Gasteiger partial charge in [0.25, 0.3) is 0 Å². The van der Waals surface area contributed by atoms with Gasteiger partial charge in [-0.2, -0.15) is 0 Å². The highest BCUT2D eigenvalue weighted by Gasteiger charge is 2.44. The van der Waals surface area contributed by atoms with E-state index >= 15 is 0 Å². The Kier molecular flexibility index (Phi) is 8.21. The van der Waals surface area contributed by atoms with Crippen LogP contribution in [0.1, 0.15) is 107 Å². The molecule has 3 aliphatic carbocycles. The van der Waals surface area contributed by atoms with Gasteiger partial charge in [0.1, 0.15) is 11.6 Å². The first-order valence-electron chi connectivity index (χ1n) is 14.3. The Morgan fingerprint density at radius 2 is 1.76 bits per heavy atom. The molecule has 0 aliphatic heterocycles. The van der Waals surface area contributed by atoms with Gasteiger partial charge in [-0.05, 0) is 92.7 Å². The Hall–Kier alpha value is -2.55. The monoisotopic (exact) mass is 500 g/mol. The van der Waals surface area contributed by atoms with E-state index in [2.05, 4.69) is 64.1 Å². The molecule has 198 valence electrons. The molecule has 37 heavy (non-hydrogen) atoms. The maximum absolute atomic E-state index is 14.2. The first kappa shape index (κ1) is 27.5. The third-order valence-corrected chi connectivity index (χ3v) is 9.17. The molecule has 0 bridgehead atoms. The second-order valence-electron chi connectivity index (χ2n) is 12.4. The second-order valence-corrected chi connectivity index (χ2v) is 12.4. The van der Waals surface area contributed by atoms with E-state index in [0.717, 1.165) is 72.8 Å².